The molecule has 0 spiro atoms. The zero-order valence-electron chi connectivity index (χ0n) is 11.8. The average molecular weight is 258 g/mol. The fourth-order valence-electron chi connectivity index (χ4n) is 2.79. The summed E-state index contributed by atoms with van der Waals surface area (Å²) in [4.78, 5) is 4.56. The molecule has 102 valence electrons. The van der Waals surface area contributed by atoms with Crippen LogP contribution in [0.2, 0.25) is 0 Å². The second kappa shape index (κ2) is 5.94. The summed E-state index contributed by atoms with van der Waals surface area (Å²) in [5.74, 6) is 0.769. The molecule has 19 heavy (non-hydrogen) atoms. The van der Waals surface area contributed by atoms with Gasteiger partial charge in [0.05, 0.1) is 11.3 Å². The van der Waals surface area contributed by atoms with Crippen molar-refractivity contribution in [1.82, 2.24) is 4.90 Å². The van der Waals surface area contributed by atoms with Crippen LogP contribution in [0.15, 0.2) is 18.2 Å². The van der Waals surface area contributed by atoms with Gasteiger partial charge in [-0.15, -0.1) is 0 Å². The van der Waals surface area contributed by atoms with E-state index in [9.17, 15) is 5.26 Å². The van der Waals surface area contributed by atoms with Crippen molar-refractivity contribution in [3.8, 4) is 6.07 Å². The van der Waals surface area contributed by atoms with Crippen molar-refractivity contribution < 1.29 is 0 Å². The Kier molecular flexibility index (Phi) is 4.28. The van der Waals surface area contributed by atoms with E-state index in [0.29, 0.717) is 11.3 Å². The molecule has 0 amide bonds. The van der Waals surface area contributed by atoms with Gasteiger partial charge in [-0.05, 0) is 51.1 Å². The molecule has 4 nitrogen and oxygen atoms in total. The maximum Gasteiger partial charge on any atom is 0.101 e. The molecule has 2 N–H and O–H groups in total. The number of anilines is 2. The number of piperidine rings is 1. The minimum absolute atomic E-state index is 0.655. The molecule has 1 aliphatic rings. The first-order chi connectivity index (χ1) is 9.10. The van der Waals surface area contributed by atoms with Gasteiger partial charge in [-0.1, -0.05) is 0 Å². The highest BCUT2D eigenvalue weighted by Gasteiger charge is 2.21. The first-order valence-corrected chi connectivity index (χ1v) is 6.79. The number of benzene rings is 1. The van der Waals surface area contributed by atoms with E-state index in [1.54, 1.807) is 6.07 Å². The lowest BCUT2D eigenvalue weighted by Gasteiger charge is -2.35. The normalized spacial score (nSPS) is 16.6. The summed E-state index contributed by atoms with van der Waals surface area (Å²) in [6, 6.07) is 7.86. The van der Waals surface area contributed by atoms with Gasteiger partial charge in [-0.2, -0.15) is 5.26 Å². The molecule has 0 saturated carbocycles. The molecule has 1 aromatic carbocycles. The van der Waals surface area contributed by atoms with Crippen LogP contribution in [0.4, 0.5) is 11.4 Å². The molecular formula is C15H22N4. The molecule has 0 atom stereocenters. The minimum Gasteiger partial charge on any atom is -0.399 e. The monoisotopic (exact) mass is 258 g/mol. The summed E-state index contributed by atoms with van der Waals surface area (Å²) in [5, 5.41) is 9.21. The van der Waals surface area contributed by atoms with Crippen molar-refractivity contribution in [3.05, 3.63) is 23.8 Å². The van der Waals surface area contributed by atoms with Gasteiger partial charge in [0.2, 0.25) is 0 Å². The number of rotatable bonds is 3. The summed E-state index contributed by atoms with van der Waals surface area (Å²) in [6.45, 7) is 3.20. The molecule has 0 radical (unpaired) electrons. The van der Waals surface area contributed by atoms with Crippen LogP contribution in [0.25, 0.3) is 0 Å². The average Bonchev–Trinajstić information content (AvgIpc) is 2.39. The second-order valence-electron chi connectivity index (χ2n) is 5.58. The summed E-state index contributed by atoms with van der Waals surface area (Å²) in [7, 11) is 4.25. The number of nitrogens with two attached hydrogens (primary N) is 1. The smallest absolute Gasteiger partial charge is 0.101 e. The largest absolute Gasteiger partial charge is 0.399 e. The maximum atomic E-state index is 9.21. The van der Waals surface area contributed by atoms with Crippen molar-refractivity contribution >= 4 is 11.4 Å². The van der Waals surface area contributed by atoms with Gasteiger partial charge >= 0.3 is 0 Å². The van der Waals surface area contributed by atoms with Crippen molar-refractivity contribution in [2.45, 2.75) is 12.8 Å². The molecule has 0 aliphatic carbocycles. The summed E-state index contributed by atoms with van der Waals surface area (Å²) in [6.07, 6.45) is 2.38. The van der Waals surface area contributed by atoms with E-state index in [0.717, 1.165) is 31.2 Å². The third-order valence-corrected chi connectivity index (χ3v) is 3.72. The van der Waals surface area contributed by atoms with Gasteiger partial charge in [0.25, 0.3) is 0 Å². The van der Waals surface area contributed by atoms with E-state index in [1.165, 1.54) is 12.8 Å². The highest BCUT2D eigenvalue weighted by molar-refractivity contribution is 5.64. The summed E-state index contributed by atoms with van der Waals surface area (Å²) in [5.41, 5.74) is 8.10. The molecule has 1 fully saturated rings. The van der Waals surface area contributed by atoms with E-state index in [-0.39, 0.29) is 0 Å². The van der Waals surface area contributed by atoms with Gasteiger partial charge < -0.3 is 15.5 Å². The molecule has 0 unspecified atom stereocenters. The summed E-state index contributed by atoms with van der Waals surface area (Å²) < 4.78 is 0. The molecule has 0 bridgehead atoms. The number of nitrogens with zero attached hydrogens (tertiary/aromatic N) is 3. The molecule has 4 heteroatoms. The van der Waals surface area contributed by atoms with E-state index in [2.05, 4.69) is 30.0 Å². The number of hydrogen-bond acceptors (Lipinski definition) is 4. The van der Waals surface area contributed by atoms with Crippen LogP contribution in [0.5, 0.6) is 0 Å². The first kappa shape index (κ1) is 13.7. The highest BCUT2D eigenvalue weighted by Crippen LogP contribution is 2.27. The van der Waals surface area contributed by atoms with Crippen LogP contribution in [-0.2, 0) is 0 Å². The van der Waals surface area contributed by atoms with Crippen LogP contribution < -0.4 is 10.6 Å². The van der Waals surface area contributed by atoms with Crippen LogP contribution in [-0.4, -0.2) is 38.6 Å². The lowest BCUT2D eigenvalue weighted by molar-refractivity contribution is 0.285. The quantitative estimate of drug-likeness (QED) is 0.842. The van der Waals surface area contributed by atoms with Gasteiger partial charge in [0, 0.05) is 25.3 Å². The van der Waals surface area contributed by atoms with Crippen molar-refractivity contribution in [2.24, 2.45) is 5.92 Å². The lowest BCUT2D eigenvalue weighted by atomic mass is 9.95. The fraction of sp³-hybridized carbons (Fsp3) is 0.533. The van der Waals surface area contributed by atoms with Gasteiger partial charge in [0.1, 0.15) is 6.07 Å². The van der Waals surface area contributed by atoms with Crippen molar-refractivity contribution in [1.29, 1.82) is 5.26 Å². The van der Waals surface area contributed by atoms with Crippen LogP contribution >= 0.6 is 0 Å². The lowest BCUT2D eigenvalue weighted by Crippen LogP contribution is -2.37. The zero-order valence-corrected chi connectivity index (χ0v) is 11.8. The standard InChI is InChI=1S/C15H22N4/c1-18(2)11-12-5-7-19(8-6-12)15-4-3-14(17)9-13(15)10-16/h3-4,9,12H,5-8,11,17H2,1-2H3. The molecule has 0 aromatic heterocycles. The first-order valence-electron chi connectivity index (χ1n) is 6.79. The Morgan fingerprint density at radius 1 is 1.37 bits per heavy atom. The van der Waals surface area contributed by atoms with E-state index < -0.39 is 0 Å². The van der Waals surface area contributed by atoms with Crippen molar-refractivity contribution in [3.63, 3.8) is 0 Å². The SMILES string of the molecule is CN(C)CC1CCN(c2ccc(N)cc2C#N)CC1. The Balaban J connectivity index is 2.04. The second-order valence-corrected chi connectivity index (χ2v) is 5.58. The van der Waals surface area contributed by atoms with Gasteiger partial charge in [-0.3, -0.25) is 0 Å². The van der Waals surface area contributed by atoms with E-state index >= 15 is 0 Å². The Morgan fingerprint density at radius 3 is 2.63 bits per heavy atom. The number of nitrogen functional groups attached to an aromatic ring is 1. The van der Waals surface area contributed by atoms with E-state index in [4.69, 9.17) is 5.73 Å². The Labute approximate surface area is 115 Å². The Morgan fingerprint density at radius 2 is 2.05 bits per heavy atom. The Bertz CT molecular complexity index is 468. The molecule has 2 rings (SSSR count). The molecular weight excluding hydrogens is 236 g/mol. The predicted octanol–water partition coefficient (Wildman–Crippen LogP) is 1.92. The summed E-state index contributed by atoms with van der Waals surface area (Å²) >= 11 is 0. The third kappa shape index (κ3) is 3.39. The Hall–Kier alpha value is -1.73. The topological polar surface area (TPSA) is 56.3 Å². The van der Waals surface area contributed by atoms with Crippen LogP contribution in [0.3, 0.4) is 0 Å². The zero-order chi connectivity index (χ0) is 13.8. The fourth-order valence-corrected chi connectivity index (χ4v) is 2.79. The molecule has 1 saturated heterocycles. The van der Waals surface area contributed by atoms with Gasteiger partial charge in [0.15, 0.2) is 0 Å². The molecule has 1 heterocycles. The number of hydrogen-bond donors (Lipinski definition) is 1. The molecule has 1 aliphatic heterocycles. The van der Waals surface area contributed by atoms with Gasteiger partial charge in [-0.25, -0.2) is 0 Å². The third-order valence-electron chi connectivity index (χ3n) is 3.72. The van der Waals surface area contributed by atoms with Crippen molar-refractivity contribution in [2.75, 3.05) is 44.4 Å². The predicted molar refractivity (Wildman–Crippen MR) is 79.1 cm³/mol. The van der Waals surface area contributed by atoms with Crippen LogP contribution in [0.1, 0.15) is 18.4 Å². The molecule has 1 aromatic rings. The van der Waals surface area contributed by atoms with Crippen LogP contribution in [0, 0.1) is 17.2 Å². The number of nitriles is 1. The highest BCUT2D eigenvalue weighted by atomic mass is 15.1. The maximum absolute atomic E-state index is 9.21. The van der Waals surface area contributed by atoms with E-state index in [1.807, 2.05) is 12.1 Å². The minimum atomic E-state index is 0.655.